The lowest BCUT2D eigenvalue weighted by atomic mass is 10.2. The van der Waals surface area contributed by atoms with Crippen LogP contribution in [0.4, 0.5) is 13.2 Å². The Kier molecular flexibility index (Phi) is 7.84. The van der Waals surface area contributed by atoms with Gasteiger partial charge in [-0.3, -0.25) is 9.59 Å². The topological polar surface area (TPSA) is 49.4 Å². The van der Waals surface area contributed by atoms with Gasteiger partial charge in [0.15, 0.2) is 0 Å². The van der Waals surface area contributed by atoms with Crippen molar-refractivity contribution in [2.75, 3.05) is 19.6 Å². The highest BCUT2D eigenvalue weighted by atomic mass is 32.2. The van der Waals surface area contributed by atoms with Crippen LogP contribution in [0.1, 0.15) is 19.4 Å². The van der Waals surface area contributed by atoms with Crippen molar-refractivity contribution < 1.29 is 22.8 Å². The van der Waals surface area contributed by atoms with Gasteiger partial charge in [0.05, 0.1) is 6.54 Å². The van der Waals surface area contributed by atoms with Crippen molar-refractivity contribution in [1.82, 2.24) is 10.2 Å². The van der Waals surface area contributed by atoms with Crippen molar-refractivity contribution in [3.05, 3.63) is 35.9 Å². The highest BCUT2D eigenvalue weighted by Crippen LogP contribution is 2.36. The zero-order valence-electron chi connectivity index (χ0n) is 13.4. The minimum atomic E-state index is -4.33. The molecule has 132 valence electrons. The average molecular weight is 360 g/mol. The van der Waals surface area contributed by atoms with Gasteiger partial charge in [0.1, 0.15) is 0 Å². The van der Waals surface area contributed by atoms with E-state index in [1.807, 2.05) is 0 Å². The molecule has 8 heteroatoms. The van der Waals surface area contributed by atoms with Gasteiger partial charge < -0.3 is 10.2 Å². The van der Waals surface area contributed by atoms with E-state index in [0.717, 1.165) is 0 Å². The van der Waals surface area contributed by atoms with Crippen LogP contribution in [0.3, 0.4) is 0 Å². The van der Waals surface area contributed by atoms with Gasteiger partial charge in [0, 0.05) is 24.1 Å². The molecule has 1 rings (SSSR count). The summed E-state index contributed by atoms with van der Waals surface area (Å²) in [6, 6.07) is 5.68. The van der Waals surface area contributed by atoms with Gasteiger partial charge in [-0.15, -0.1) is 0 Å². The minimum absolute atomic E-state index is 0.0331. The third kappa shape index (κ3) is 7.54. The maximum Gasteiger partial charge on any atom is 0.446 e. The van der Waals surface area contributed by atoms with E-state index < -0.39 is 5.51 Å². The van der Waals surface area contributed by atoms with E-state index in [-0.39, 0.29) is 35.0 Å². The molecule has 1 N–H and O–H groups in total. The summed E-state index contributed by atoms with van der Waals surface area (Å²) < 4.78 is 36.7. The first-order valence-electron chi connectivity index (χ1n) is 7.34. The average Bonchev–Trinajstić information content (AvgIpc) is 2.50. The largest absolute Gasteiger partial charge is 0.446 e. The fourth-order valence-electron chi connectivity index (χ4n) is 1.83. The third-order valence-corrected chi connectivity index (χ3v) is 3.67. The van der Waals surface area contributed by atoms with Gasteiger partial charge in [0.25, 0.3) is 0 Å². The second-order valence-electron chi connectivity index (χ2n) is 4.76. The van der Waals surface area contributed by atoms with Crippen molar-refractivity contribution in [3.63, 3.8) is 0 Å². The van der Waals surface area contributed by atoms with Crippen LogP contribution in [0.15, 0.2) is 35.2 Å². The van der Waals surface area contributed by atoms with E-state index in [9.17, 15) is 22.8 Å². The van der Waals surface area contributed by atoms with Crippen LogP contribution in [0.25, 0.3) is 6.08 Å². The Morgan fingerprint density at radius 3 is 2.33 bits per heavy atom. The molecule has 0 aromatic heterocycles. The second kappa shape index (κ2) is 9.36. The van der Waals surface area contributed by atoms with Crippen molar-refractivity contribution in [2.45, 2.75) is 24.3 Å². The number of alkyl halides is 3. The molecule has 1 aromatic rings. The van der Waals surface area contributed by atoms with E-state index in [4.69, 9.17) is 0 Å². The van der Waals surface area contributed by atoms with Crippen LogP contribution in [0.2, 0.25) is 0 Å². The van der Waals surface area contributed by atoms with Crippen molar-refractivity contribution in [1.29, 1.82) is 0 Å². The normalized spacial score (nSPS) is 11.5. The summed E-state index contributed by atoms with van der Waals surface area (Å²) in [6.45, 7) is 4.38. The quantitative estimate of drug-likeness (QED) is 0.600. The summed E-state index contributed by atoms with van der Waals surface area (Å²) in [7, 11) is 0. The number of hydrogen-bond donors (Lipinski definition) is 1. The number of rotatable bonds is 7. The molecule has 0 spiro atoms. The van der Waals surface area contributed by atoms with Crippen LogP contribution in [0.5, 0.6) is 0 Å². The molecule has 0 atom stereocenters. The molecule has 4 nitrogen and oxygen atoms in total. The summed E-state index contributed by atoms with van der Waals surface area (Å²) in [6.07, 6.45) is 2.80. The van der Waals surface area contributed by atoms with E-state index in [0.29, 0.717) is 18.7 Å². The number of halogens is 3. The molecular weight excluding hydrogens is 341 g/mol. The molecule has 0 aliphatic carbocycles. The van der Waals surface area contributed by atoms with Crippen molar-refractivity contribution >= 4 is 29.7 Å². The SMILES string of the molecule is CCNC(=O)CN(CC)C(=O)/C=C/c1ccc(SC(F)(F)F)cc1. The first kappa shape index (κ1) is 20.1. The molecule has 1 aromatic carbocycles. The maximum atomic E-state index is 12.2. The lowest BCUT2D eigenvalue weighted by Gasteiger charge is -2.18. The number of nitrogens with zero attached hydrogens (tertiary/aromatic N) is 1. The van der Waals surface area contributed by atoms with Gasteiger partial charge in [-0.25, -0.2) is 0 Å². The predicted molar refractivity (Wildman–Crippen MR) is 88.3 cm³/mol. The summed E-state index contributed by atoms with van der Waals surface area (Å²) in [4.78, 5) is 25.0. The number of likely N-dealkylation sites (N-methyl/N-ethyl adjacent to an activating group) is 2. The molecule has 0 radical (unpaired) electrons. The van der Waals surface area contributed by atoms with E-state index in [1.54, 1.807) is 13.8 Å². The number of nitrogens with one attached hydrogen (secondary N) is 1. The lowest BCUT2D eigenvalue weighted by molar-refractivity contribution is -0.132. The van der Waals surface area contributed by atoms with Crippen LogP contribution >= 0.6 is 11.8 Å². The zero-order chi connectivity index (χ0) is 18.2. The van der Waals surface area contributed by atoms with Crippen LogP contribution < -0.4 is 5.32 Å². The fourth-order valence-corrected chi connectivity index (χ4v) is 2.36. The summed E-state index contributed by atoms with van der Waals surface area (Å²) in [5.41, 5.74) is -3.72. The van der Waals surface area contributed by atoms with Crippen molar-refractivity contribution in [2.24, 2.45) is 0 Å². The van der Waals surface area contributed by atoms with Gasteiger partial charge >= 0.3 is 5.51 Å². The molecule has 0 saturated carbocycles. The van der Waals surface area contributed by atoms with E-state index >= 15 is 0 Å². The lowest BCUT2D eigenvalue weighted by Crippen LogP contribution is -2.39. The Hall–Kier alpha value is -1.96. The molecule has 2 amide bonds. The second-order valence-corrected chi connectivity index (χ2v) is 5.89. The summed E-state index contributed by atoms with van der Waals surface area (Å²) >= 11 is -0.190. The maximum absolute atomic E-state index is 12.2. The number of benzene rings is 1. The molecule has 0 aliphatic heterocycles. The zero-order valence-corrected chi connectivity index (χ0v) is 14.2. The highest BCUT2D eigenvalue weighted by Gasteiger charge is 2.28. The summed E-state index contributed by atoms with van der Waals surface area (Å²) in [5.74, 6) is -0.577. The highest BCUT2D eigenvalue weighted by molar-refractivity contribution is 8.00. The Balaban J connectivity index is 2.66. The number of carbonyl (C=O) groups excluding carboxylic acids is 2. The standard InChI is InChI=1S/C16H19F3N2O2S/c1-3-20-14(22)11-21(4-2)15(23)10-7-12-5-8-13(9-6-12)24-16(17,18)19/h5-10H,3-4,11H2,1-2H3,(H,20,22)/b10-7+. The molecular formula is C16H19F3N2O2S. The van der Waals surface area contributed by atoms with E-state index in [1.165, 1.54) is 41.3 Å². The number of carbonyl (C=O) groups is 2. The fraction of sp³-hybridized carbons (Fsp3) is 0.375. The number of amides is 2. The summed E-state index contributed by atoms with van der Waals surface area (Å²) in [5, 5.41) is 2.61. The molecule has 0 heterocycles. The Bertz CT molecular complexity index is 586. The molecule has 0 bridgehead atoms. The number of hydrogen-bond acceptors (Lipinski definition) is 3. The first-order chi connectivity index (χ1) is 11.2. The molecule has 0 fully saturated rings. The monoisotopic (exact) mass is 360 g/mol. The smallest absolute Gasteiger partial charge is 0.355 e. The van der Waals surface area contributed by atoms with Gasteiger partial charge in [-0.1, -0.05) is 12.1 Å². The molecule has 0 aliphatic rings. The molecule has 24 heavy (non-hydrogen) atoms. The van der Waals surface area contributed by atoms with Gasteiger partial charge in [-0.05, 0) is 49.4 Å². The Morgan fingerprint density at radius 2 is 1.83 bits per heavy atom. The van der Waals surface area contributed by atoms with Crippen LogP contribution in [-0.4, -0.2) is 41.9 Å². The van der Waals surface area contributed by atoms with Gasteiger partial charge in [0.2, 0.25) is 11.8 Å². The van der Waals surface area contributed by atoms with Crippen LogP contribution in [0, 0.1) is 0 Å². The molecule has 0 saturated heterocycles. The van der Waals surface area contributed by atoms with Crippen LogP contribution in [-0.2, 0) is 9.59 Å². The first-order valence-corrected chi connectivity index (χ1v) is 8.16. The predicted octanol–water partition coefficient (Wildman–Crippen LogP) is 3.30. The van der Waals surface area contributed by atoms with Crippen molar-refractivity contribution in [3.8, 4) is 0 Å². The van der Waals surface area contributed by atoms with Gasteiger partial charge in [-0.2, -0.15) is 13.2 Å². The number of thioether (sulfide) groups is 1. The molecule has 0 unspecified atom stereocenters. The Labute approximate surface area is 143 Å². The Morgan fingerprint density at radius 1 is 1.21 bits per heavy atom. The third-order valence-electron chi connectivity index (χ3n) is 2.93. The van der Waals surface area contributed by atoms with E-state index in [2.05, 4.69) is 5.32 Å². The minimum Gasteiger partial charge on any atom is -0.355 e.